The molecule has 2 amide bonds. The number of carbonyl (C=O) groups is 2. The molecule has 1 aliphatic heterocycles. The van der Waals surface area contributed by atoms with Crippen molar-refractivity contribution in [2.45, 2.75) is 13.8 Å². The maximum atomic E-state index is 12.1. The predicted molar refractivity (Wildman–Crippen MR) is 117 cm³/mol. The number of hydrogen-bond acceptors (Lipinski definition) is 5. The highest BCUT2D eigenvalue weighted by Gasteiger charge is 2.24. The second-order valence-electron chi connectivity index (χ2n) is 7.02. The normalized spacial score (nSPS) is 14.1. The van der Waals surface area contributed by atoms with Crippen LogP contribution in [0.4, 0.5) is 11.4 Å². The summed E-state index contributed by atoms with van der Waals surface area (Å²) in [6.45, 7) is 6.63. The number of halogens is 1. The average Bonchev–Trinajstić information content (AvgIpc) is 3.22. The summed E-state index contributed by atoms with van der Waals surface area (Å²) in [5.41, 5.74) is 1.57. The highest BCUT2D eigenvalue weighted by Crippen LogP contribution is 2.29. The summed E-state index contributed by atoms with van der Waals surface area (Å²) in [7, 11) is 0. The van der Waals surface area contributed by atoms with Crippen LogP contribution < -0.4 is 15.5 Å². The number of carbonyl (C=O) groups excluding carboxylic acids is 2. The molecule has 7 nitrogen and oxygen atoms in total. The zero-order valence-electron chi connectivity index (χ0n) is 16.3. The van der Waals surface area contributed by atoms with Crippen LogP contribution in [0.1, 0.15) is 24.4 Å². The molecule has 1 aliphatic rings. The maximum Gasteiger partial charge on any atom is 0.293 e. The van der Waals surface area contributed by atoms with E-state index in [1.807, 2.05) is 30.9 Å². The van der Waals surface area contributed by atoms with E-state index in [2.05, 4.69) is 15.5 Å². The lowest BCUT2D eigenvalue weighted by Gasteiger charge is -2.37. The number of furan rings is 1. The molecule has 1 fully saturated rings. The summed E-state index contributed by atoms with van der Waals surface area (Å²) in [6.07, 6.45) is 1.42. The van der Waals surface area contributed by atoms with Crippen molar-refractivity contribution in [3.8, 4) is 0 Å². The van der Waals surface area contributed by atoms with E-state index in [0.29, 0.717) is 23.8 Å². The Kier molecular flexibility index (Phi) is 6.76. The van der Waals surface area contributed by atoms with Crippen LogP contribution in [0.5, 0.6) is 0 Å². The lowest BCUT2D eigenvalue weighted by molar-refractivity contribution is -0.134. The molecule has 0 radical (unpaired) electrons. The molecule has 2 N–H and O–H groups in total. The number of benzene rings is 1. The Morgan fingerprint density at radius 3 is 2.48 bits per heavy atom. The van der Waals surface area contributed by atoms with Gasteiger partial charge in [0.05, 0.1) is 17.0 Å². The van der Waals surface area contributed by atoms with Gasteiger partial charge in [-0.1, -0.05) is 25.4 Å². The fourth-order valence-corrected chi connectivity index (χ4v) is 3.62. The molecule has 0 unspecified atom stereocenters. The first-order valence-electron chi connectivity index (χ1n) is 9.34. The highest BCUT2D eigenvalue weighted by atomic mass is 35.5. The van der Waals surface area contributed by atoms with Crippen LogP contribution in [-0.4, -0.2) is 48.0 Å². The Hall–Kier alpha value is -2.58. The minimum absolute atomic E-state index is 0.00705. The van der Waals surface area contributed by atoms with Crippen molar-refractivity contribution in [2.75, 3.05) is 36.4 Å². The molecule has 2 heterocycles. The van der Waals surface area contributed by atoms with Gasteiger partial charge in [-0.05, 0) is 42.5 Å². The van der Waals surface area contributed by atoms with Crippen molar-refractivity contribution in [1.29, 1.82) is 0 Å². The number of thiocarbonyl (C=S) groups is 1. The van der Waals surface area contributed by atoms with Crippen LogP contribution in [0, 0.1) is 5.92 Å². The first kappa shape index (κ1) is 21.1. The Bertz CT molecular complexity index is 893. The van der Waals surface area contributed by atoms with Crippen LogP contribution in [0.3, 0.4) is 0 Å². The van der Waals surface area contributed by atoms with Gasteiger partial charge >= 0.3 is 0 Å². The van der Waals surface area contributed by atoms with Crippen molar-refractivity contribution in [3.63, 3.8) is 0 Å². The molecule has 1 saturated heterocycles. The van der Waals surface area contributed by atoms with Gasteiger partial charge in [0, 0.05) is 37.8 Å². The van der Waals surface area contributed by atoms with Crippen molar-refractivity contribution >= 4 is 52.1 Å². The number of rotatable bonds is 4. The van der Waals surface area contributed by atoms with Gasteiger partial charge in [-0.2, -0.15) is 0 Å². The third kappa shape index (κ3) is 5.27. The Morgan fingerprint density at radius 1 is 1.17 bits per heavy atom. The third-order valence-corrected chi connectivity index (χ3v) is 5.11. The maximum absolute atomic E-state index is 12.1. The van der Waals surface area contributed by atoms with E-state index in [4.69, 9.17) is 28.2 Å². The van der Waals surface area contributed by atoms with Crippen molar-refractivity contribution in [2.24, 2.45) is 5.92 Å². The van der Waals surface area contributed by atoms with E-state index >= 15 is 0 Å². The highest BCUT2D eigenvalue weighted by molar-refractivity contribution is 7.80. The fourth-order valence-electron chi connectivity index (χ4n) is 3.11. The average molecular weight is 435 g/mol. The number of nitrogens with one attached hydrogen (secondary N) is 2. The lowest BCUT2D eigenvalue weighted by Crippen LogP contribution is -2.50. The molecule has 3 rings (SSSR count). The number of nitrogens with zero attached hydrogens (tertiary/aromatic N) is 2. The Labute approximate surface area is 180 Å². The molecule has 0 aliphatic carbocycles. The van der Waals surface area contributed by atoms with E-state index in [0.717, 1.165) is 18.8 Å². The molecule has 29 heavy (non-hydrogen) atoms. The SMILES string of the molecule is CC(C)C(=O)N1CCN(c2ccc(NC(=S)NC(=O)c3ccco3)cc2Cl)CC1. The first-order valence-corrected chi connectivity index (χ1v) is 10.1. The standard InChI is InChI=1S/C20H23ClN4O3S/c1-13(2)19(27)25-9-7-24(8-10-25)16-6-5-14(12-15(16)21)22-20(29)23-18(26)17-4-3-11-28-17/h3-6,11-13H,7-10H2,1-2H3,(H2,22,23,26,29). The van der Waals surface area contributed by atoms with Gasteiger partial charge in [0.25, 0.3) is 5.91 Å². The number of anilines is 2. The molecule has 0 saturated carbocycles. The molecule has 2 aromatic rings. The van der Waals surface area contributed by atoms with Crippen LogP contribution >= 0.6 is 23.8 Å². The van der Waals surface area contributed by atoms with Crippen LogP contribution in [-0.2, 0) is 4.79 Å². The number of piperazine rings is 1. The molecular formula is C20H23ClN4O3S. The van der Waals surface area contributed by atoms with E-state index in [1.54, 1.807) is 18.2 Å². The smallest absolute Gasteiger partial charge is 0.293 e. The van der Waals surface area contributed by atoms with Crippen molar-refractivity contribution in [1.82, 2.24) is 10.2 Å². The second-order valence-corrected chi connectivity index (χ2v) is 7.83. The molecular weight excluding hydrogens is 412 g/mol. The van der Waals surface area contributed by atoms with Gasteiger partial charge in [0.2, 0.25) is 5.91 Å². The number of amides is 2. The van der Waals surface area contributed by atoms with Gasteiger partial charge < -0.3 is 19.5 Å². The number of hydrogen-bond donors (Lipinski definition) is 2. The Morgan fingerprint density at radius 2 is 1.90 bits per heavy atom. The summed E-state index contributed by atoms with van der Waals surface area (Å²) in [5, 5.41) is 6.21. The van der Waals surface area contributed by atoms with Crippen molar-refractivity contribution in [3.05, 3.63) is 47.4 Å². The minimum Gasteiger partial charge on any atom is -0.459 e. The predicted octanol–water partition coefficient (Wildman–Crippen LogP) is 3.36. The summed E-state index contributed by atoms with van der Waals surface area (Å²) < 4.78 is 5.03. The molecule has 0 spiro atoms. The summed E-state index contributed by atoms with van der Waals surface area (Å²) >= 11 is 11.6. The summed E-state index contributed by atoms with van der Waals surface area (Å²) in [6, 6.07) is 8.69. The second kappa shape index (κ2) is 9.28. The largest absolute Gasteiger partial charge is 0.459 e. The van der Waals surface area contributed by atoms with Gasteiger partial charge in [-0.15, -0.1) is 0 Å². The zero-order chi connectivity index (χ0) is 21.0. The molecule has 0 bridgehead atoms. The zero-order valence-corrected chi connectivity index (χ0v) is 17.8. The molecule has 154 valence electrons. The van der Waals surface area contributed by atoms with Gasteiger partial charge in [0.15, 0.2) is 10.9 Å². The molecule has 1 aromatic carbocycles. The van der Waals surface area contributed by atoms with Crippen LogP contribution in [0.25, 0.3) is 0 Å². The van der Waals surface area contributed by atoms with E-state index in [-0.39, 0.29) is 22.7 Å². The quantitative estimate of drug-likeness (QED) is 0.718. The van der Waals surface area contributed by atoms with Gasteiger partial charge in [-0.3, -0.25) is 14.9 Å². The minimum atomic E-state index is -0.427. The first-order chi connectivity index (χ1) is 13.8. The third-order valence-electron chi connectivity index (χ3n) is 4.60. The van der Waals surface area contributed by atoms with Crippen molar-refractivity contribution < 1.29 is 14.0 Å². The monoisotopic (exact) mass is 434 g/mol. The van der Waals surface area contributed by atoms with Crippen LogP contribution in [0.2, 0.25) is 5.02 Å². The van der Waals surface area contributed by atoms with E-state index in [9.17, 15) is 9.59 Å². The lowest BCUT2D eigenvalue weighted by atomic mass is 10.1. The van der Waals surface area contributed by atoms with Gasteiger partial charge in [0.1, 0.15) is 0 Å². The summed E-state index contributed by atoms with van der Waals surface area (Å²) in [4.78, 5) is 28.1. The van der Waals surface area contributed by atoms with E-state index < -0.39 is 5.91 Å². The van der Waals surface area contributed by atoms with E-state index in [1.165, 1.54) is 6.26 Å². The Balaban J connectivity index is 1.57. The molecule has 1 aromatic heterocycles. The molecule has 9 heteroatoms. The summed E-state index contributed by atoms with van der Waals surface area (Å²) in [5.74, 6) is -0.0605. The van der Waals surface area contributed by atoms with Crippen LogP contribution in [0.15, 0.2) is 41.0 Å². The topological polar surface area (TPSA) is 77.8 Å². The molecule has 0 atom stereocenters. The van der Waals surface area contributed by atoms with Gasteiger partial charge in [-0.25, -0.2) is 0 Å². The fraction of sp³-hybridized carbons (Fsp3) is 0.350.